The van der Waals surface area contributed by atoms with Crippen molar-refractivity contribution in [2.75, 3.05) is 26.5 Å². The maximum absolute atomic E-state index is 12.5. The number of nitrogens with zero attached hydrogens (tertiary/aromatic N) is 2. The predicted octanol–water partition coefficient (Wildman–Crippen LogP) is 2.09. The third-order valence-electron chi connectivity index (χ3n) is 3.26. The van der Waals surface area contributed by atoms with Crippen LogP contribution in [-0.4, -0.2) is 44.8 Å². The molecular weight excluding hydrogens is 352 g/mol. The van der Waals surface area contributed by atoms with Crippen molar-refractivity contribution >= 4 is 38.9 Å². The number of sulfonamides is 1. The molecule has 0 saturated carbocycles. The first-order valence-corrected chi connectivity index (χ1v) is 8.75. The Hall–Kier alpha value is -2.16. The van der Waals surface area contributed by atoms with Crippen LogP contribution >= 0.6 is 11.6 Å². The molecule has 2 N–H and O–H groups in total. The molecule has 1 amide bonds. The smallest absolute Gasteiger partial charge is 0.254 e. The zero-order valence-corrected chi connectivity index (χ0v) is 14.9. The van der Waals surface area contributed by atoms with E-state index in [9.17, 15) is 13.2 Å². The van der Waals surface area contributed by atoms with E-state index >= 15 is 0 Å². The number of pyridine rings is 1. The summed E-state index contributed by atoms with van der Waals surface area (Å²) < 4.78 is 26.0. The summed E-state index contributed by atoms with van der Waals surface area (Å²) in [5.74, 6) is -0.366. The lowest BCUT2D eigenvalue weighted by atomic mass is 10.2. The van der Waals surface area contributed by atoms with Crippen molar-refractivity contribution in [2.24, 2.45) is 0 Å². The highest BCUT2D eigenvalue weighted by atomic mass is 35.5. The second-order valence-electron chi connectivity index (χ2n) is 5.04. The summed E-state index contributed by atoms with van der Waals surface area (Å²) in [7, 11) is 0.736. The zero-order valence-electron chi connectivity index (χ0n) is 13.4. The average Bonchev–Trinajstić information content (AvgIpc) is 2.54. The highest BCUT2D eigenvalue weighted by Gasteiger charge is 2.22. The quantitative estimate of drug-likeness (QED) is 0.788. The molecule has 0 atom stereocenters. The normalized spacial score (nSPS) is 11.4. The second-order valence-corrected chi connectivity index (χ2v) is 7.55. The molecule has 0 spiro atoms. The van der Waals surface area contributed by atoms with Gasteiger partial charge >= 0.3 is 0 Å². The Morgan fingerprint density at radius 3 is 2.50 bits per heavy atom. The lowest BCUT2D eigenvalue weighted by Crippen LogP contribution is -2.23. The third-order valence-corrected chi connectivity index (χ3v) is 5.34. The van der Waals surface area contributed by atoms with Crippen molar-refractivity contribution in [2.45, 2.75) is 4.90 Å². The van der Waals surface area contributed by atoms with Crippen molar-refractivity contribution in [3.8, 4) is 0 Å². The minimum absolute atomic E-state index is 0.0887. The number of benzene rings is 1. The van der Waals surface area contributed by atoms with Crippen LogP contribution in [0.15, 0.2) is 41.4 Å². The Bertz CT molecular complexity index is 869. The molecular formula is C15H17ClN4O3S. The Labute approximate surface area is 145 Å². The van der Waals surface area contributed by atoms with E-state index in [0.29, 0.717) is 11.4 Å². The van der Waals surface area contributed by atoms with Gasteiger partial charge < -0.3 is 10.6 Å². The van der Waals surface area contributed by atoms with Crippen molar-refractivity contribution in [3.63, 3.8) is 0 Å². The Balaban J connectivity index is 2.55. The topological polar surface area (TPSA) is 91.4 Å². The number of carbonyl (C=O) groups excluding carboxylic acids is 1. The van der Waals surface area contributed by atoms with Crippen LogP contribution in [0, 0.1) is 0 Å². The summed E-state index contributed by atoms with van der Waals surface area (Å²) in [6.45, 7) is 0. The monoisotopic (exact) mass is 368 g/mol. The number of carbonyl (C=O) groups is 1. The molecule has 0 aliphatic carbocycles. The largest absolute Gasteiger partial charge is 0.355 e. The molecule has 0 fully saturated rings. The van der Waals surface area contributed by atoms with Gasteiger partial charge in [0, 0.05) is 27.3 Å². The first-order chi connectivity index (χ1) is 11.3. The average molecular weight is 369 g/mol. The number of amides is 1. The molecule has 2 rings (SSSR count). The Morgan fingerprint density at radius 2 is 1.88 bits per heavy atom. The van der Waals surface area contributed by atoms with Crippen molar-refractivity contribution in [1.82, 2.24) is 14.6 Å². The van der Waals surface area contributed by atoms with E-state index in [2.05, 4.69) is 15.6 Å². The van der Waals surface area contributed by atoms with Gasteiger partial charge in [-0.15, -0.1) is 0 Å². The zero-order chi connectivity index (χ0) is 17.9. The number of para-hydroxylation sites is 1. The molecule has 1 aromatic carbocycles. The summed E-state index contributed by atoms with van der Waals surface area (Å²) in [5, 5.41) is 5.65. The van der Waals surface area contributed by atoms with Crippen LogP contribution in [0.1, 0.15) is 10.4 Å². The maximum atomic E-state index is 12.5. The van der Waals surface area contributed by atoms with E-state index in [1.807, 2.05) is 0 Å². The van der Waals surface area contributed by atoms with Gasteiger partial charge in [0.1, 0.15) is 10.0 Å². The number of rotatable bonds is 5. The maximum Gasteiger partial charge on any atom is 0.254 e. The molecule has 128 valence electrons. The molecule has 0 unspecified atom stereocenters. The number of aromatic nitrogens is 1. The van der Waals surface area contributed by atoms with E-state index in [-0.39, 0.29) is 21.5 Å². The number of hydrogen-bond acceptors (Lipinski definition) is 5. The number of anilines is 2. The van der Waals surface area contributed by atoms with Crippen molar-refractivity contribution in [1.29, 1.82) is 0 Å². The summed E-state index contributed by atoms with van der Waals surface area (Å²) in [4.78, 5) is 15.9. The van der Waals surface area contributed by atoms with E-state index in [1.165, 1.54) is 39.5 Å². The van der Waals surface area contributed by atoms with Gasteiger partial charge in [-0.25, -0.2) is 17.7 Å². The minimum Gasteiger partial charge on any atom is -0.355 e. The Morgan fingerprint density at radius 1 is 1.21 bits per heavy atom. The molecule has 9 heteroatoms. The third kappa shape index (κ3) is 3.66. The van der Waals surface area contributed by atoms with Gasteiger partial charge in [0.15, 0.2) is 0 Å². The van der Waals surface area contributed by atoms with Crippen molar-refractivity contribution < 1.29 is 13.2 Å². The highest BCUT2D eigenvalue weighted by Crippen LogP contribution is 2.29. The van der Waals surface area contributed by atoms with Crippen LogP contribution in [-0.2, 0) is 10.0 Å². The van der Waals surface area contributed by atoms with Crippen LogP contribution in [0.4, 0.5) is 11.4 Å². The SMILES string of the molecule is CNC(=O)c1cnc(Cl)cc1Nc1ccccc1S(=O)(=O)N(C)C. The fourth-order valence-corrected chi connectivity index (χ4v) is 3.18. The lowest BCUT2D eigenvalue weighted by Gasteiger charge is -2.17. The second kappa shape index (κ2) is 7.16. The number of hydrogen-bond donors (Lipinski definition) is 2. The molecule has 1 aromatic heterocycles. The number of halogens is 1. The van der Waals surface area contributed by atoms with E-state index in [0.717, 1.165) is 4.31 Å². The standard InChI is InChI=1S/C15H17ClN4O3S/c1-17-15(21)10-9-18-14(16)8-12(10)19-11-6-4-5-7-13(11)24(22,23)20(2)3/h4-9H,1-3H3,(H,17,21)(H,18,19). The van der Waals surface area contributed by atoms with Gasteiger partial charge in [0.2, 0.25) is 10.0 Å². The van der Waals surface area contributed by atoms with Crippen LogP contribution in [0.3, 0.4) is 0 Å². The molecule has 1 heterocycles. The van der Waals surface area contributed by atoms with E-state index < -0.39 is 10.0 Å². The van der Waals surface area contributed by atoms with Gasteiger partial charge in [0.25, 0.3) is 5.91 Å². The first kappa shape index (κ1) is 18.2. The van der Waals surface area contributed by atoms with Gasteiger partial charge in [0.05, 0.1) is 16.9 Å². The molecule has 0 bridgehead atoms. The molecule has 2 aromatic rings. The molecule has 7 nitrogen and oxygen atoms in total. The van der Waals surface area contributed by atoms with Crippen LogP contribution < -0.4 is 10.6 Å². The van der Waals surface area contributed by atoms with Gasteiger partial charge in [-0.05, 0) is 18.2 Å². The summed E-state index contributed by atoms with van der Waals surface area (Å²) in [6.07, 6.45) is 1.33. The first-order valence-electron chi connectivity index (χ1n) is 6.93. The van der Waals surface area contributed by atoms with E-state index in [1.54, 1.807) is 18.2 Å². The summed E-state index contributed by atoms with van der Waals surface area (Å²) >= 11 is 5.90. The highest BCUT2D eigenvalue weighted by molar-refractivity contribution is 7.89. The minimum atomic E-state index is -3.65. The summed E-state index contributed by atoms with van der Waals surface area (Å²) in [5.41, 5.74) is 0.938. The molecule has 0 saturated heterocycles. The molecule has 0 aliphatic rings. The predicted molar refractivity (Wildman–Crippen MR) is 93.2 cm³/mol. The van der Waals surface area contributed by atoms with Crippen LogP contribution in [0.5, 0.6) is 0 Å². The fourth-order valence-electron chi connectivity index (χ4n) is 1.99. The molecule has 24 heavy (non-hydrogen) atoms. The molecule has 0 radical (unpaired) electrons. The number of nitrogens with one attached hydrogen (secondary N) is 2. The van der Waals surface area contributed by atoms with Crippen molar-refractivity contribution in [3.05, 3.63) is 47.2 Å². The molecule has 0 aliphatic heterocycles. The lowest BCUT2D eigenvalue weighted by molar-refractivity contribution is 0.0963. The van der Waals surface area contributed by atoms with Crippen LogP contribution in [0.2, 0.25) is 5.15 Å². The fraction of sp³-hybridized carbons (Fsp3) is 0.200. The van der Waals surface area contributed by atoms with E-state index in [4.69, 9.17) is 11.6 Å². The van der Waals surface area contributed by atoms with Gasteiger partial charge in [-0.1, -0.05) is 23.7 Å². The summed E-state index contributed by atoms with van der Waals surface area (Å²) in [6, 6.07) is 7.88. The van der Waals surface area contributed by atoms with Gasteiger partial charge in [-0.3, -0.25) is 4.79 Å². The van der Waals surface area contributed by atoms with Crippen LogP contribution in [0.25, 0.3) is 0 Å². The van der Waals surface area contributed by atoms with Gasteiger partial charge in [-0.2, -0.15) is 0 Å². The Kier molecular flexibility index (Phi) is 5.43.